The van der Waals surface area contributed by atoms with E-state index in [9.17, 15) is 27.6 Å². The van der Waals surface area contributed by atoms with Gasteiger partial charge in [0, 0.05) is 30.9 Å². The largest absolute Gasteiger partial charge is 0.468 e. The van der Waals surface area contributed by atoms with Crippen molar-refractivity contribution in [2.45, 2.75) is 63.8 Å². The Morgan fingerprint density at radius 3 is 2.60 bits per heavy atom. The molecule has 2 heterocycles. The van der Waals surface area contributed by atoms with Gasteiger partial charge in [-0.15, -0.1) is 0 Å². The maximum absolute atomic E-state index is 12.4. The molecule has 0 saturated heterocycles. The lowest BCUT2D eigenvalue weighted by molar-refractivity contribution is -0.154. The van der Waals surface area contributed by atoms with Crippen molar-refractivity contribution in [1.82, 2.24) is 21.0 Å². The molecule has 192 valence electrons. The number of hydrazone groups is 1. The maximum atomic E-state index is 12.4. The number of halogens is 3. The Kier molecular flexibility index (Phi) is 7.86. The number of carbonyl (C=O) groups excluding carboxylic acids is 3. The molecule has 3 amide bonds. The van der Waals surface area contributed by atoms with Crippen LogP contribution in [0.15, 0.2) is 17.4 Å². The van der Waals surface area contributed by atoms with Crippen molar-refractivity contribution in [3.8, 4) is 5.88 Å². The molecule has 0 aromatic carbocycles. The highest BCUT2D eigenvalue weighted by Gasteiger charge is 2.47. The van der Waals surface area contributed by atoms with Gasteiger partial charge in [-0.25, -0.2) is 15.2 Å². The van der Waals surface area contributed by atoms with E-state index in [1.54, 1.807) is 6.92 Å². The molecule has 1 fully saturated rings. The predicted molar refractivity (Wildman–Crippen MR) is 118 cm³/mol. The maximum Gasteiger partial charge on any atom is 0.428 e. The van der Waals surface area contributed by atoms with E-state index in [1.807, 2.05) is 6.92 Å². The molecule has 1 atom stereocenters. The van der Waals surface area contributed by atoms with Crippen molar-refractivity contribution in [2.24, 2.45) is 11.0 Å². The van der Waals surface area contributed by atoms with E-state index in [0.717, 1.165) is 0 Å². The lowest BCUT2D eigenvalue weighted by Gasteiger charge is -2.42. The Hall–Kier alpha value is -3.38. The monoisotopic (exact) mass is 499 g/mol. The normalized spacial score (nSPS) is 23.0. The molecule has 1 spiro atoms. The van der Waals surface area contributed by atoms with Crippen LogP contribution in [0, 0.1) is 12.8 Å². The number of carbonyl (C=O) groups is 3. The molecule has 2 aliphatic rings. The van der Waals surface area contributed by atoms with Gasteiger partial charge in [-0.05, 0) is 57.4 Å². The van der Waals surface area contributed by atoms with Crippen LogP contribution in [0.4, 0.5) is 18.0 Å². The molecule has 35 heavy (non-hydrogen) atoms. The minimum absolute atomic E-state index is 0.171. The van der Waals surface area contributed by atoms with E-state index in [1.165, 1.54) is 19.3 Å². The van der Waals surface area contributed by atoms with Gasteiger partial charge in [-0.2, -0.15) is 18.3 Å². The van der Waals surface area contributed by atoms with Gasteiger partial charge < -0.3 is 20.1 Å². The zero-order valence-electron chi connectivity index (χ0n) is 19.6. The van der Waals surface area contributed by atoms with E-state index in [2.05, 4.69) is 26.1 Å². The topological polar surface area (TPSA) is 131 Å². The highest BCUT2D eigenvalue weighted by molar-refractivity contribution is 6.35. The first-order valence-corrected chi connectivity index (χ1v) is 11.2. The third-order valence-electron chi connectivity index (χ3n) is 6.11. The van der Waals surface area contributed by atoms with E-state index >= 15 is 0 Å². The third kappa shape index (κ3) is 6.61. The number of alkyl halides is 3. The van der Waals surface area contributed by atoms with Gasteiger partial charge in [0.25, 0.3) is 0 Å². The molecular formula is C22H28F3N5O5. The van der Waals surface area contributed by atoms with Crippen molar-refractivity contribution in [3.05, 3.63) is 23.4 Å². The summed E-state index contributed by atoms with van der Waals surface area (Å²) >= 11 is 0. The van der Waals surface area contributed by atoms with Crippen molar-refractivity contribution >= 4 is 23.6 Å². The Balaban J connectivity index is 1.69. The SMILES string of the molecule is CNC(=O)C(=O)N[C@@H](C)CC1CCC2(CC1)OC(=O)NN=C2c1cnc(OCC(F)(F)F)cc1C. The number of hydrogen-bond donors (Lipinski definition) is 3. The number of hydrogen-bond acceptors (Lipinski definition) is 7. The van der Waals surface area contributed by atoms with Crippen LogP contribution in [0.1, 0.15) is 50.2 Å². The summed E-state index contributed by atoms with van der Waals surface area (Å²) in [5, 5.41) is 9.16. The molecule has 13 heteroatoms. The van der Waals surface area contributed by atoms with Crippen LogP contribution in [-0.4, -0.2) is 60.1 Å². The zero-order chi connectivity index (χ0) is 25.8. The molecule has 3 N–H and O–H groups in total. The summed E-state index contributed by atoms with van der Waals surface area (Å²) in [5.74, 6) is -1.36. The number of ether oxygens (including phenoxy) is 2. The first-order valence-electron chi connectivity index (χ1n) is 11.2. The fraction of sp³-hybridized carbons (Fsp3) is 0.591. The number of amides is 3. The summed E-state index contributed by atoms with van der Waals surface area (Å²) in [6.07, 6.45) is -0.886. The molecule has 0 bridgehead atoms. The first-order chi connectivity index (χ1) is 16.4. The summed E-state index contributed by atoms with van der Waals surface area (Å²) in [6, 6.07) is 1.16. The number of nitrogens with zero attached hydrogens (tertiary/aromatic N) is 2. The summed E-state index contributed by atoms with van der Waals surface area (Å²) in [5.41, 5.74) is 2.85. The van der Waals surface area contributed by atoms with Gasteiger partial charge in [0.05, 0.1) is 0 Å². The lowest BCUT2D eigenvalue weighted by Crippen LogP contribution is -2.53. The Labute approximate surface area is 200 Å². The standard InChI is InChI=1S/C22H28F3N5O5/c1-12-8-16(34-11-22(23,24)25)27-10-15(12)17-21(35-20(33)30-29-17)6-4-14(5-7-21)9-13(2)28-19(32)18(31)26-3/h8,10,13-14H,4-7,9,11H2,1-3H3,(H,26,31)(H,28,32)(H,30,33)/t13-,14?,21?/m0/s1. The molecule has 3 rings (SSSR count). The van der Waals surface area contributed by atoms with E-state index < -0.39 is 36.3 Å². The molecule has 10 nitrogen and oxygen atoms in total. The zero-order valence-corrected chi connectivity index (χ0v) is 19.6. The van der Waals surface area contributed by atoms with Crippen molar-refractivity contribution in [3.63, 3.8) is 0 Å². The predicted octanol–water partition coefficient (Wildman–Crippen LogP) is 2.34. The molecule has 0 unspecified atom stereocenters. The van der Waals surface area contributed by atoms with Gasteiger partial charge in [-0.1, -0.05) is 0 Å². The first kappa shape index (κ1) is 26.2. The number of aromatic nitrogens is 1. The van der Waals surface area contributed by atoms with Crippen LogP contribution in [0.5, 0.6) is 5.88 Å². The number of rotatable bonds is 6. The second kappa shape index (κ2) is 10.5. The number of nitrogens with one attached hydrogen (secondary N) is 3. The molecule has 1 aliphatic heterocycles. The second-order valence-electron chi connectivity index (χ2n) is 8.83. The molecule has 1 aromatic rings. The van der Waals surface area contributed by atoms with E-state index in [4.69, 9.17) is 9.47 Å². The van der Waals surface area contributed by atoms with Crippen molar-refractivity contribution in [1.29, 1.82) is 0 Å². The van der Waals surface area contributed by atoms with Gasteiger partial charge in [0.2, 0.25) is 5.88 Å². The number of likely N-dealkylation sites (N-methyl/N-ethyl adjacent to an activating group) is 1. The summed E-state index contributed by atoms with van der Waals surface area (Å²) in [4.78, 5) is 39.2. The number of aryl methyl sites for hydroxylation is 1. The Morgan fingerprint density at radius 2 is 2.00 bits per heavy atom. The lowest BCUT2D eigenvalue weighted by atomic mass is 9.72. The average molecular weight is 499 g/mol. The third-order valence-corrected chi connectivity index (χ3v) is 6.11. The van der Waals surface area contributed by atoms with Crippen LogP contribution < -0.4 is 20.8 Å². The summed E-state index contributed by atoms with van der Waals surface area (Å²) in [7, 11) is 1.38. The number of pyridine rings is 1. The highest BCUT2D eigenvalue weighted by Crippen LogP contribution is 2.41. The van der Waals surface area contributed by atoms with Crippen LogP contribution in [0.25, 0.3) is 0 Å². The molecule has 1 aliphatic carbocycles. The summed E-state index contributed by atoms with van der Waals surface area (Å²) < 4.78 is 47.8. The van der Waals surface area contributed by atoms with Crippen LogP contribution >= 0.6 is 0 Å². The van der Waals surface area contributed by atoms with E-state index in [0.29, 0.717) is 48.9 Å². The Bertz CT molecular complexity index is 1010. The minimum atomic E-state index is -4.48. The van der Waals surface area contributed by atoms with Gasteiger partial charge >= 0.3 is 24.1 Å². The minimum Gasteiger partial charge on any atom is -0.468 e. The second-order valence-corrected chi connectivity index (χ2v) is 8.83. The fourth-order valence-electron chi connectivity index (χ4n) is 4.45. The fourth-order valence-corrected chi connectivity index (χ4v) is 4.45. The quantitative estimate of drug-likeness (QED) is 0.515. The smallest absolute Gasteiger partial charge is 0.428 e. The summed E-state index contributed by atoms with van der Waals surface area (Å²) in [6.45, 7) is 2.05. The van der Waals surface area contributed by atoms with Crippen LogP contribution in [-0.2, 0) is 14.3 Å². The van der Waals surface area contributed by atoms with Gasteiger partial charge in [-0.3, -0.25) is 9.59 Å². The van der Waals surface area contributed by atoms with Crippen molar-refractivity contribution in [2.75, 3.05) is 13.7 Å². The van der Waals surface area contributed by atoms with Crippen LogP contribution in [0.3, 0.4) is 0 Å². The highest BCUT2D eigenvalue weighted by atomic mass is 19.4. The Morgan fingerprint density at radius 1 is 1.31 bits per heavy atom. The molecular weight excluding hydrogens is 471 g/mol. The van der Waals surface area contributed by atoms with Crippen LogP contribution in [0.2, 0.25) is 0 Å². The van der Waals surface area contributed by atoms with Crippen molar-refractivity contribution < 1.29 is 37.0 Å². The average Bonchev–Trinajstić information content (AvgIpc) is 2.79. The van der Waals surface area contributed by atoms with E-state index in [-0.39, 0.29) is 17.8 Å². The molecule has 1 aromatic heterocycles. The van der Waals surface area contributed by atoms with Gasteiger partial charge in [0.15, 0.2) is 12.2 Å². The van der Waals surface area contributed by atoms with Gasteiger partial charge in [0.1, 0.15) is 5.71 Å². The molecule has 1 saturated carbocycles. The molecule has 0 radical (unpaired) electrons.